The molecule has 0 atom stereocenters. The molecule has 35 heavy (non-hydrogen) atoms. The van der Waals surface area contributed by atoms with Crippen LogP contribution in [0.25, 0.3) is 6.08 Å². The largest absolute Gasteiger partial charge is 0.494 e. The molecule has 0 N–H and O–H groups in total. The van der Waals surface area contributed by atoms with Crippen LogP contribution in [0.5, 0.6) is 11.5 Å². The molecule has 3 aromatic carbocycles. The number of nitrogens with zero attached hydrogens (tertiary/aromatic N) is 1. The summed E-state index contributed by atoms with van der Waals surface area (Å²) in [6, 6.07) is 25.2. The Balaban J connectivity index is 1.74. The molecule has 0 aliphatic carbocycles. The molecule has 0 saturated carbocycles. The zero-order valence-corrected chi connectivity index (χ0v) is 21.5. The Morgan fingerprint density at radius 3 is 1.34 bits per heavy atom. The third-order valence-corrected chi connectivity index (χ3v) is 6.11. The fourth-order valence-electron chi connectivity index (χ4n) is 4.03. The molecular weight excluding hydrogens is 430 g/mol. The number of rotatable bonds is 16. The van der Waals surface area contributed by atoms with E-state index in [4.69, 9.17) is 9.47 Å². The molecule has 0 amide bonds. The molecule has 0 unspecified atom stereocenters. The van der Waals surface area contributed by atoms with Crippen molar-refractivity contribution < 1.29 is 9.47 Å². The molecule has 0 aliphatic rings. The van der Waals surface area contributed by atoms with Crippen LogP contribution in [0.15, 0.2) is 79.4 Å². The van der Waals surface area contributed by atoms with E-state index >= 15 is 0 Å². The molecule has 0 heterocycles. The highest BCUT2D eigenvalue weighted by Crippen LogP contribution is 2.36. The van der Waals surface area contributed by atoms with Crippen LogP contribution in [-0.2, 0) is 0 Å². The Kier molecular flexibility index (Phi) is 11.3. The highest BCUT2D eigenvalue weighted by atomic mass is 16.5. The summed E-state index contributed by atoms with van der Waals surface area (Å²) in [6.07, 6.45) is 11.5. The van der Waals surface area contributed by atoms with Crippen molar-refractivity contribution in [3.63, 3.8) is 0 Å². The summed E-state index contributed by atoms with van der Waals surface area (Å²) in [7, 11) is 0. The average molecular weight is 472 g/mol. The molecule has 0 spiro atoms. The first kappa shape index (κ1) is 26.4. The standard InChI is InChI=1S/C32H41NO2/c1-4-7-9-11-25-34-31-21-17-29(18-22-31)33(28-15-13-27(6-3)14-16-28)30-19-23-32(24-20-30)35-26-12-10-8-5-2/h6,13-24H,3-5,7-12,25-26H2,1-2H3. The maximum absolute atomic E-state index is 5.96. The summed E-state index contributed by atoms with van der Waals surface area (Å²) in [5.41, 5.74) is 4.37. The van der Waals surface area contributed by atoms with Crippen LogP contribution in [0, 0.1) is 0 Å². The van der Waals surface area contributed by atoms with Gasteiger partial charge < -0.3 is 14.4 Å². The Bertz CT molecular complexity index is 920. The van der Waals surface area contributed by atoms with Gasteiger partial charge in [0.15, 0.2) is 0 Å². The number of ether oxygens (including phenoxy) is 2. The minimum absolute atomic E-state index is 0.770. The predicted octanol–water partition coefficient (Wildman–Crippen LogP) is 9.72. The van der Waals surface area contributed by atoms with E-state index in [0.29, 0.717) is 0 Å². The maximum atomic E-state index is 5.96. The molecule has 0 bridgehead atoms. The number of benzene rings is 3. The lowest BCUT2D eigenvalue weighted by molar-refractivity contribution is 0.305. The van der Waals surface area contributed by atoms with Crippen LogP contribution in [0.4, 0.5) is 17.1 Å². The third-order valence-electron chi connectivity index (χ3n) is 6.11. The fourth-order valence-corrected chi connectivity index (χ4v) is 4.03. The van der Waals surface area contributed by atoms with Gasteiger partial charge >= 0.3 is 0 Å². The van der Waals surface area contributed by atoms with Gasteiger partial charge in [-0.15, -0.1) is 0 Å². The predicted molar refractivity (Wildman–Crippen MR) is 150 cm³/mol. The highest BCUT2D eigenvalue weighted by molar-refractivity contribution is 5.77. The normalized spacial score (nSPS) is 10.7. The Morgan fingerprint density at radius 2 is 0.971 bits per heavy atom. The first-order chi connectivity index (χ1) is 17.2. The van der Waals surface area contributed by atoms with Gasteiger partial charge in [-0.3, -0.25) is 0 Å². The molecule has 0 saturated heterocycles. The third kappa shape index (κ3) is 8.51. The molecule has 0 aromatic heterocycles. The van der Waals surface area contributed by atoms with Crippen molar-refractivity contribution in [2.45, 2.75) is 65.2 Å². The van der Waals surface area contributed by atoms with Crippen LogP contribution in [-0.4, -0.2) is 13.2 Å². The zero-order chi connectivity index (χ0) is 24.7. The summed E-state index contributed by atoms with van der Waals surface area (Å²) < 4.78 is 11.9. The van der Waals surface area contributed by atoms with Crippen LogP contribution in [0.2, 0.25) is 0 Å². The second kappa shape index (κ2) is 14.9. The maximum Gasteiger partial charge on any atom is 0.119 e. The molecular formula is C32H41NO2. The minimum atomic E-state index is 0.770. The number of unbranched alkanes of at least 4 members (excludes halogenated alkanes) is 6. The average Bonchev–Trinajstić information content (AvgIpc) is 2.91. The molecule has 0 radical (unpaired) electrons. The summed E-state index contributed by atoms with van der Waals surface area (Å²) in [5.74, 6) is 1.83. The van der Waals surface area contributed by atoms with Gasteiger partial charge in [-0.2, -0.15) is 0 Å². The van der Waals surface area contributed by atoms with Crippen molar-refractivity contribution in [1.82, 2.24) is 0 Å². The van der Waals surface area contributed by atoms with Gasteiger partial charge in [0.25, 0.3) is 0 Å². The topological polar surface area (TPSA) is 21.7 Å². The Hall–Kier alpha value is -3.20. The number of hydrogen-bond acceptors (Lipinski definition) is 3. The monoisotopic (exact) mass is 471 g/mol. The van der Waals surface area contributed by atoms with Gasteiger partial charge in [-0.05, 0) is 79.1 Å². The quantitative estimate of drug-likeness (QED) is 0.194. The first-order valence-corrected chi connectivity index (χ1v) is 13.2. The number of anilines is 3. The lowest BCUT2D eigenvalue weighted by Crippen LogP contribution is -2.10. The summed E-state index contributed by atoms with van der Waals surface area (Å²) in [4.78, 5) is 2.25. The van der Waals surface area contributed by atoms with E-state index in [1.807, 2.05) is 6.08 Å². The zero-order valence-electron chi connectivity index (χ0n) is 21.5. The summed E-state index contributed by atoms with van der Waals surface area (Å²) in [5, 5.41) is 0. The lowest BCUT2D eigenvalue weighted by Gasteiger charge is -2.26. The molecule has 0 aliphatic heterocycles. The van der Waals surface area contributed by atoms with Crippen molar-refractivity contribution in [3.05, 3.63) is 84.9 Å². The van der Waals surface area contributed by atoms with Gasteiger partial charge in [0.2, 0.25) is 0 Å². The van der Waals surface area contributed by atoms with E-state index in [0.717, 1.165) is 60.2 Å². The summed E-state index contributed by atoms with van der Waals surface area (Å²) >= 11 is 0. The van der Waals surface area contributed by atoms with Gasteiger partial charge in [0, 0.05) is 17.1 Å². The molecule has 3 rings (SSSR count). The molecule has 3 heteroatoms. The minimum Gasteiger partial charge on any atom is -0.494 e. The number of hydrogen-bond donors (Lipinski definition) is 0. The van der Waals surface area contributed by atoms with Crippen molar-refractivity contribution in [2.75, 3.05) is 18.1 Å². The van der Waals surface area contributed by atoms with Crippen LogP contribution in [0.3, 0.4) is 0 Å². The Morgan fingerprint density at radius 1 is 0.571 bits per heavy atom. The van der Waals surface area contributed by atoms with Gasteiger partial charge in [-0.25, -0.2) is 0 Å². The van der Waals surface area contributed by atoms with Crippen LogP contribution >= 0.6 is 0 Å². The lowest BCUT2D eigenvalue weighted by atomic mass is 10.1. The van der Waals surface area contributed by atoms with E-state index in [-0.39, 0.29) is 0 Å². The van der Waals surface area contributed by atoms with Crippen molar-refractivity contribution in [1.29, 1.82) is 0 Å². The molecule has 0 fully saturated rings. The Labute approximate surface area is 212 Å². The van der Waals surface area contributed by atoms with Crippen molar-refractivity contribution >= 4 is 23.1 Å². The second-order valence-electron chi connectivity index (χ2n) is 8.94. The smallest absolute Gasteiger partial charge is 0.119 e. The molecule has 186 valence electrons. The van der Waals surface area contributed by atoms with E-state index < -0.39 is 0 Å². The highest BCUT2D eigenvalue weighted by Gasteiger charge is 2.13. The van der Waals surface area contributed by atoms with Gasteiger partial charge in [-0.1, -0.05) is 77.2 Å². The fraction of sp³-hybridized carbons (Fsp3) is 0.375. The summed E-state index contributed by atoms with van der Waals surface area (Å²) in [6.45, 7) is 9.88. The van der Waals surface area contributed by atoms with Gasteiger partial charge in [0.05, 0.1) is 13.2 Å². The van der Waals surface area contributed by atoms with E-state index in [1.165, 1.54) is 38.5 Å². The van der Waals surface area contributed by atoms with Crippen LogP contribution in [0.1, 0.15) is 70.8 Å². The van der Waals surface area contributed by atoms with E-state index in [9.17, 15) is 0 Å². The molecule has 3 aromatic rings. The van der Waals surface area contributed by atoms with Gasteiger partial charge in [0.1, 0.15) is 11.5 Å². The molecule has 3 nitrogen and oxygen atoms in total. The first-order valence-electron chi connectivity index (χ1n) is 13.2. The van der Waals surface area contributed by atoms with Crippen molar-refractivity contribution in [2.24, 2.45) is 0 Å². The van der Waals surface area contributed by atoms with E-state index in [2.05, 4.69) is 98.1 Å². The van der Waals surface area contributed by atoms with E-state index in [1.54, 1.807) is 0 Å². The SMILES string of the molecule is C=Cc1ccc(N(c2ccc(OCCCCCC)cc2)c2ccc(OCCCCCC)cc2)cc1. The van der Waals surface area contributed by atoms with Crippen molar-refractivity contribution in [3.8, 4) is 11.5 Å². The second-order valence-corrected chi connectivity index (χ2v) is 8.94. The van der Waals surface area contributed by atoms with Crippen LogP contribution < -0.4 is 14.4 Å².